The van der Waals surface area contributed by atoms with Crippen LogP contribution in [0, 0.1) is 11.6 Å². The van der Waals surface area contributed by atoms with E-state index in [0.717, 1.165) is 0 Å². The van der Waals surface area contributed by atoms with Gasteiger partial charge in [0.1, 0.15) is 11.6 Å². The highest BCUT2D eigenvalue weighted by molar-refractivity contribution is 7.93. The van der Waals surface area contributed by atoms with Crippen LogP contribution < -0.4 is 9.03 Å². The van der Waals surface area contributed by atoms with E-state index in [0.29, 0.717) is 36.9 Å². The van der Waals surface area contributed by atoms with Crippen LogP contribution in [0.4, 0.5) is 20.2 Å². The zero-order valence-corrected chi connectivity index (χ0v) is 14.4. The second-order valence-corrected chi connectivity index (χ2v) is 9.19. The van der Waals surface area contributed by atoms with E-state index in [1.807, 2.05) is 0 Å². The van der Waals surface area contributed by atoms with Gasteiger partial charge < -0.3 is 0 Å². The first-order chi connectivity index (χ1) is 11.7. The van der Waals surface area contributed by atoms with E-state index in [4.69, 9.17) is 0 Å². The molecule has 1 aliphatic rings. The molecule has 10 heteroatoms. The van der Waals surface area contributed by atoms with E-state index in [-0.39, 0.29) is 11.4 Å². The molecule has 6 nitrogen and oxygen atoms in total. The third-order valence-electron chi connectivity index (χ3n) is 3.65. The molecule has 2 aromatic rings. The molecule has 0 unspecified atom stereocenters. The minimum Gasteiger partial charge on any atom is -0.280 e. The minimum atomic E-state index is -4.17. The largest absolute Gasteiger partial charge is 0.280 e. The third kappa shape index (κ3) is 3.74. The number of nitrogens with zero attached hydrogens (tertiary/aromatic N) is 1. The fourth-order valence-electron chi connectivity index (χ4n) is 2.52. The monoisotopic (exact) mass is 388 g/mol. The summed E-state index contributed by atoms with van der Waals surface area (Å²) in [6, 6.07) is 7.68. The van der Waals surface area contributed by atoms with Crippen molar-refractivity contribution in [1.29, 1.82) is 0 Å². The normalized spacial score (nSPS) is 16.8. The lowest BCUT2D eigenvalue weighted by molar-refractivity contribution is 0.568. The Kier molecular flexibility index (Phi) is 4.41. The van der Waals surface area contributed by atoms with Crippen molar-refractivity contribution in [3.8, 4) is 0 Å². The highest BCUT2D eigenvalue weighted by atomic mass is 32.2. The summed E-state index contributed by atoms with van der Waals surface area (Å²) in [5.74, 6) is -1.93. The fourth-order valence-corrected chi connectivity index (χ4v) is 5.19. The van der Waals surface area contributed by atoms with Crippen molar-refractivity contribution in [2.45, 2.75) is 11.3 Å². The average molecular weight is 388 g/mol. The standard InChI is InChI=1S/C15H14F2N2O4S2/c16-11-8-12(17)10-15(9-11)25(22,23)18-13-2-4-14(5-3-13)19-6-1-7-24(19,20)21/h2-5,8-10,18H,1,6-7H2. The fraction of sp³-hybridized carbons (Fsp3) is 0.200. The zero-order chi connectivity index (χ0) is 18.2. The van der Waals surface area contributed by atoms with Gasteiger partial charge in [-0.1, -0.05) is 0 Å². The average Bonchev–Trinajstić information content (AvgIpc) is 2.86. The number of nitrogens with one attached hydrogen (secondary N) is 1. The number of benzene rings is 2. The Bertz CT molecular complexity index is 986. The molecule has 0 saturated carbocycles. The predicted molar refractivity (Wildman–Crippen MR) is 89.4 cm³/mol. The molecule has 1 heterocycles. The molecule has 0 spiro atoms. The predicted octanol–water partition coefficient (Wildman–Crippen LogP) is 2.31. The number of hydrogen-bond acceptors (Lipinski definition) is 4. The van der Waals surface area contributed by atoms with Crippen LogP contribution in [0.25, 0.3) is 0 Å². The number of sulfonamides is 2. The molecule has 1 aliphatic heterocycles. The summed E-state index contributed by atoms with van der Waals surface area (Å²) >= 11 is 0. The summed E-state index contributed by atoms with van der Waals surface area (Å²) in [6.45, 7) is 0.371. The Morgan fingerprint density at radius 2 is 1.60 bits per heavy atom. The van der Waals surface area contributed by atoms with E-state index in [2.05, 4.69) is 4.72 Å². The van der Waals surface area contributed by atoms with E-state index >= 15 is 0 Å². The molecular formula is C15H14F2N2O4S2. The van der Waals surface area contributed by atoms with Gasteiger partial charge in [0.15, 0.2) is 0 Å². The third-order valence-corrected chi connectivity index (χ3v) is 6.88. The molecule has 0 amide bonds. The van der Waals surface area contributed by atoms with Crippen LogP contribution in [0.5, 0.6) is 0 Å². The van der Waals surface area contributed by atoms with Gasteiger partial charge in [0.05, 0.1) is 16.3 Å². The van der Waals surface area contributed by atoms with E-state index in [1.165, 1.54) is 28.6 Å². The highest BCUT2D eigenvalue weighted by Gasteiger charge is 2.28. The number of rotatable bonds is 4. The molecule has 0 aromatic heterocycles. The van der Waals surface area contributed by atoms with Crippen molar-refractivity contribution >= 4 is 31.4 Å². The maximum atomic E-state index is 13.2. The molecule has 0 atom stereocenters. The van der Waals surface area contributed by atoms with Crippen LogP contribution in [-0.2, 0) is 20.0 Å². The van der Waals surface area contributed by atoms with Gasteiger partial charge in [-0.25, -0.2) is 25.6 Å². The van der Waals surface area contributed by atoms with Crippen molar-refractivity contribution in [3.05, 3.63) is 54.1 Å². The first kappa shape index (κ1) is 17.6. The van der Waals surface area contributed by atoms with Gasteiger partial charge in [0.25, 0.3) is 10.0 Å². The molecular weight excluding hydrogens is 374 g/mol. The maximum Gasteiger partial charge on any atom is 0.262 e. The molecule has 25 heavy (non-hydrogen) atoms. The van der Waals surface area contributed by atoms with Gasteiger partial charge in [0, 0.05) is 18.3 Å². The molecule has 1 saturated heterocycles. The summed E-state index contributed by atoms with van der Waals surface area (Å²) < 4.78 is 78.0. The van der Waals surface area contributed by atoms with Crippen LogP contribution in [0.2, 0.25) is 0 Å². The molecule has 1 N–H and O–H groups in total. The van der Waals surface area contributed by atoms with Crippen LogP contribution in [-0.4, -0.2) is 29.1 Å². The molecule has 134 valence electrons. The van der Waals surface area contributed by atoms with E-state index in [9.17, 15) is 25.6 Å². The summed E-state index contributed by atoms with van der Waals surface area (Å²) in [4.78, 5) is -0.545. The number of hydrogen-bond donors (Lipinski definition) is 1. The van der Waals surface area contributed by atoms with Gasteiger partial charge in [0.2, 0.25) is 10.0 Å². The van der Waals surface area contributed by atoms with Crippen LogP contribution in [0.3, 0.4) is 0 Å². The number of halogens is 2. The van der Waals surface area contributed by atoms with Crippen molar-refractivity contribution in [1.82, 2.24) is 0 Å². The smallest absolute Gasteiger partial charge is 0.262 e. The molecule has 1 fully saturated rings. The van der Waals surface area contributed by atoms with E-state index in [1.54, 1.807) is 0 Å². The zero-order valence-electron chi connectivity index (χ0n) is 12.8. The summed E-state index contributed by atoms with van der Waals surface area (Å²) in [7, 11) is -7.50. The Morgan fingerprint density at radius 3 is 2.12 bits per heavy atom. The van der Waals surface area contributed by atoms with Gasteiger partial charge in [-0.15, -0.1) is 0 Å². The van der Waals surface area contributed by atoms with Crippen molar-refractivity contribution in [3.63, 3.8) is 0 Å². The first-order valence-electron chi connectivity index (χ1n) is 7.27. The van der Waals surface area contributed by atoms with Gasteiger partial charge in [-0.3, -0.25) is 9.03 Å². The van der Waals surface area contributed by atoms with Gasteiger partial charge >= 0.3 is 0 Å². The quantitative estimate of drug-likeness (QED) is 0.871. The SMILES string of the molecule is O=S(=O)(Nc1ccc(N2CCCS2(=O)=O)cc1)c1cc(F)cc(F)c1. The lowest BCUT2D eigenvalue weighted by Crippen LogP contribution is -2.25. The van der Waals surface area contributed by atoms with Gasteiger partial charge in [-0.2, -0.15) is 0 Å². The minimum absolute atomic E-state index is 0.0759. The Hall–Kier alpha value is -2.20. The molecule has 0 radical (unpaired) electrons. The van der Waals surface area contributed by atoms with Crippen LogP contribution in [0.1, 0.15) is 6.42 Å². The van der Waals surface area contributed by atoms with Crippen molar-refractivity contribution in [2.75, 3.05) is 21.3 Å². The second kappa shape index (κ2) is 6.26. The Labute approximate surface area is 144 Å². The Morgan fingerprint density at radius 1 is 1.00 bits per heavy atom. The second-order valence-electron chi connectivity index (χ2n) is 5.50. The van der Waals surface area contributed by atoms with E-state index < -0.39 is 36.6 Å². The lowest BCUT2D eigenvalue weighted by atomic mass is 10.3. The molecule has 2 aromatic carbocycles. The summed E-state index contributed by atoms with van der Waals surface area (Å²) in [6.07, 6.45) is 0.530. The summed E-state index contributed by atoms with van der Waals surface area (Å²) in [5, 5.41) is 0. The summed E-state index contributed by atoms with van der Waals surface area (Å²) in [5.41, 5.74) is 0.572. The molecule has 0 bridgehead atoms. The van der Waals surface area contributed by atoms with Crippen molar-refractivity contribution in [2.24, 2.45) is 0 Å². The highest BCUT2D eigenvalue weighted by Crippen LogP contribution is 2.26. The lowest BCUT2D eigenvalue weighted by Gasteiger charge is -2.17. The van der Waals surface area contributed by atoms with Crippen LogP contribution in [0.15, 0.2) is 47.4 Å². The Balaban J connectivity index is 1.83. The molecule has 3 rings (SSSR count). The number of anilines is 2. The van der Waals surface area contributed by atoms with Crippen molar-refractivity contribution < 1.29 is 25.6 Å². The molecule has 0 aliphatic carbocycles. The first-order valence-corrected chi connectivity index (χ1v) is 10.4. The maximum absolute atomic E-state index is 13.2. The van der Waals surface area contributed by atoms with Gasteiger partial charge in [-0.05, 0) is 42.8 Å². The topological polar surface area (TPSA) is 83.6 Å². The van der Waals surface area contributed by atoms with Crippen LogP contribution >= 0.6 is 0 Å².